The van der Waals surface area contributed by atoms with E-state index in [0.717, 1.165) is 23.0 Å². The molecule has 0 aromatic heterocycles. The second kappa shape index (κ2) is 8.49. The second-order valence-corrected chi connectivity index (χ2v) is 9.21. The summed E-state index contributed by atoms with van der Waals surface area (Å²) in [6.45, 7) is 8.83. The van der Waals surface area contributed by atoms with Gasteiger partial charge in [-0.25, -0.2) is 8.42 Å². The van der Waals surface area contributed by atoms with Crippen molar-refractivity contribution >= 4 is 28.3 Å². The van der Waals surface area contributed by atoms with Crippen LogP contribution in [0.25, 0.3) is 0 Å². The summed E-state index contributed by atoms with van der Waals surface area (Å²) in [4.78, 5) is 14.2. The first-order valence-electron chi connectivity index (χ1n) is 8.18. The van der Waals surface area contributed by atoms with Crippen molar-refractivity contribution in [3.8, 4) is 0 Å². The molecule has 1 aromatic rings. The van der Waals surface area contributed by atoms with Crippen molar-refractivity contribution in [1.29, 1.82) is 0 Å². The van der Waals surface area contributed by atoms with Crippen LogP contribution in [0, 0.1) is 0 Å². The number of rotatable bonds is 4. The number of hydrogen-bond acceptors (Lipinski definition) is 4. The van der Waals surface area contributed by atoms with Crippen molar-refractivity contribution in [1.82, 2.24) is 14.5 Å². The van der Waals surface area contributed by atoms with E-state index in [9.17, 15) is 13.2 Å². The molecular formula is C17H28ClN3O3S. The molecule has 2 rings (SSSR count). The zero-order chi connectivity index (χ0) is 18.0. The molecule has 25 heavy (non-hydrogen) atoms. The number of carbonyl (C=O) groups excluding carboxylic acids is 1. The summed E-state index contributed by atoms with van der Waals surface area (Å²) in [7, 11) is -2.21. The van der Waals surface area contributed by atoms with Crippen molar-refractivity contribution in [2.75, 3.05) is 39.8 Å². The van der Waals surface area contributed by atoms with Crippen molar-refractivity contribution in [2.24, 2.45) is 0 Å². The predicted octanol–water partition coefficient (Wildman–Crippen LogP) is 1.46. The largest absolute Gasteiger partial charge is 0.339 e. The van der Waals surface area contributed by atoms with Gasteiger partial charge in [0, 0.05) is 33.2 Å². The molecule has 0 aliphatic carbocycles. The number of nitrogens with one attached hydrogen (secondary N) is 1. The van der Waals surface area contributed by atoms with Crippen LogP contribution in [0.5, 0.6) is 0 Å². The molecule has 1 aliphatic heterocycles. The summed E-state index contributed by atoms with van der Waals surface area (Å²) < 4.78 is 26.4. The smallest absolute Gasteiger partial charge is 0.243 e. The number of halogens is 1. The Labute approximate surface area is 157 Å². The molecule has 0 radical (unpaired) electrons. The van der Waals surface area contributed by atoms with E-state index in [1.807, 2.05) is 12.1 Å². The van der Waals surface area contributed by atoms with Gasteiger partial charge in [0.1, 0.15) is 0 Å². The standard InChI is InChI=1S/C17H27N3O3S.ClH/c1-17(2,3)14-5-7-15(8-6-14)24(22,23)19(4)13-16(21)20-11-9-18-10-12-20;/h5-8,18H,9-13H2,1-4H3;1H. The molecule has 1 aliphatic rings. The molecule has 0 bridgehead atoms. The number of carbonyl (C=O) groups is 1. The van der Waals surface area contributed by atoms with Gasteiger partial charge in [0.05, 0.1) is 11.4 Å². The van der Waals surface area contributed by atoms with Gasteiger partial charge in [-0.1, -0.05) is 32.9 Å². The Hall–Kier alpha value is -1.15. The van der Waals surface area contributed by atoms with E-state index in [2.05, 4.69) is 26.1 Å². The molecule has 0 saturated carbocycles. The molecule has 6 nitrogen and oxygen atoms in total. The maximum atomic E-state index is 12.7. The average Bonchev–Trinajstić information content (AvgIpc) is 2.54. The topological polar surface area (TPSA) is 69.7 Å². The molecule has 8 heteroatoms. The van der Waals surface area contributed by atoms with Gasteiger partial charge < -0.3 is 10.2 Å². The minimum atomic E-state index is -3.66. The van der Waals surface area contributed by atoms with E-state index in [1.54, 1.807) is 17.0 Å². The molecule has 0 unspecified atom stereocenters. The zero-order valence-electron chi connectivity index (χ0n) is 15.3. The van der Waals surface area contributed by atoms with Crippen LogP contribution < -0.4 is 5.32 Å². The van der Waals surface area contributed by atoms with E-state index in [1.165, 1.54) is 7.05 Å². The van der Waals surface area contributed by atoms with E-state index >= 15 is 0 Å². The highest BCUT2D eigenvalue weighted by Crippen LogP contribution is 2.24. The third-order valence-corrected chi connectivity index (χ3v) is 6.07. The average molecular weight is 390 g/mol. The molecule has 0 spiro atoms. The number of nitrogens with zero attached hydrogens (tertiary/aromatic N) is 2. The van der Waals surface area contributed by atoms with E-state index in [0.29, 0.717) is 13.1 Å². The normalized spacial score (nSPS) is 15.8. The van der Waals surface area contributed by atoms with E-state index in [-0.39, 0.29) is 35.2 Å². The van der Waals surface area contributed by atoms with Gasteiger partial charge in [-0.2, -0.15) is 4.31 Å². The lowest BCUT2D eigenvalue weighted by Crippen LogP contribution is -2.49. The number of piperazine rings is 1. The lowest BCUT2D eigenvalue weighted by molar-refractivity contribution is -0.131. The number of likely N-dealkylation sites (N-methyl/N-ethyl adjacent to an activating group) is 1. The Morgan fingerprint density at radius 1 is 1.16 bits per heavy atom. The van der Waals surface area contributed by atoms with E-state index < -0.39 is 10.0 Å². The lowest BCUT2D eigenvalue weighted by Gasteiger charge is -2.29. The highest BCUT2D eigenvalue weighted by atomic mass is 35.5. The Morgan fingerprint density at radius 3 is 2.16 bits per heavy atom. The summed E-state index contributed by atoms with van der Waals surface area (Å²) >= 11 is 0. The quantitative estimate of drug-likeness (QED) is 0.846. The fourth-order valence-electron chi connectivity index (χ4n) is 2.60. The maximum Gasteiger partial charge on any atom is 0.243 e. The van der Waals surface area contributed by atoms with Gasteiger partial charge in [-0.05, 0) is 23.1 Å². The number of benzene rings is 1. The third-order valence-electron chi connectivity index (χ3n) is 4.26. The molecule has 1 heterocycles. The first-order chi connectivity index (χ1) is 11.1. The molecule has 1 aromatic carbocycles. The van der Waals surface area contributed by atoms with Gasteiger partial charge in [0.25, 0.3) is 0 Å². The van der Waals surface area contributed by atoms with E-state index in [4.69, 9.17) is 0 Å². The Balaban J connectivity index is 0.00000312. The number of hydrogen-bond donors (Lipinski definition) is 1. The van der Waals surface area contributed by atoms with Gasteiger partial charge >= 0.3 is 0 Å². The van der Waals surface area contributed by atoms with Gasteiger partial charge in [-0.3, -0.25) is 4.79 Å². The van der Waals surface area contributed by atoms with Crippen LogP contribution in [0.1, 0.15) is 26.3 Å². The first-order valence-corrected chi connectivity index (χ1v) is 9.62. The highest BCUT2D eigenvalue weighted by molar-refractivity contribution is 7.89. The molecular weight excluding hydrogens is 362 g/mol. The van der Waals surface area contributed by atoms with Crippen LogP contribution in [-0.4, -0.2) is 63.3 Å². The van der Waals surface area contributed by atoms with Crippen LogP contribution >= 0.6 is 12.4 Å². The van der Waals surface area contributed by atoms with Crippen LogP contribution in [0.2, 0.25) is 0 Å². The van der Waals surface area contributed by atoms with Gasteiger partial charge in [0.15, 0.2) is 0 Å². The summed E-state index contributed by atoms with van der Waals surface area (Å²) in [5.74, 6) is -0.158. The molecule has 1 saturated heterocycles. The van der Waals surface area contributed by atoms with Crippen LogP contribution in [0.3, 0.4) is 0 Å². The minimum Gasteiger partial charge on any atom is -0.339 e. The summed E-state index contributed by atoms with van der Waals surface area (Å²) in [5.41, 5.74) is 1.04. The van der Waals surface area contributed by atoms with Crippen molar-refractivity contribution in [3.05, 3.63) is 29.8 Å². The molecule has 142 valence electrons. The first kappa shape index (κ1) is 21.9. The lowest BCUT2D eigenvalue weighted by atomic mass is 9.87. The molecule has 1 fully saturated rings. The molecule has 1 N–H and O–H groups in total. The van der Waals surface area contributed by atoms with Crippen molar-refractivity contribution in [2.45, 2.75) is 31.1 Å². The fourth-order valence-corrected chi connectivity index (χ4v) is 3.72. The van der Waals surface area contributed by atoms with Crippen molar-refractivity contribution in [3.63, 3.8) is 0 Å². The minimum absolute atomic E-state index is 0. The van der Waals surface area contributed by atoms with Crippen molar-refractivity contribution < 1.29 is 13.2 Å². The summed E-state index contributed by atoms with van der Waals surface area (Å²) in [5, 5.41) is 3.17. The predicted molar refractivity (Wildman–Crippen MR) is 102 cm³/mol. The van der Waals surface area contributed by atoms with Gasteiger partial charge in [-0.15, -0.1) is 12.4 Å². The fraction of sp³-hybridized carbons (Fsp3) is 0.588. The Bertz CT molecular complexity index is 678. The monoisotopic (exact) mass is 389 g/mol. The third kappa shape index (κ3) is 5.41. The Morgan fingerprint density at radius 2 is 1.68 bits per heavy atom. The van der Waals surface area contributed by atoms with Gasteiger partial charge in [0.2, 0.25) is 15.9 Å². The second-order valence-electron chi connectivity index (χ2n) is 7.17. The highest BCUT2D eigenvalue weighted by Gasteiger charge is 2.26. The van der Waals surface area contributed by atoms with Crippen LogP contribution in [0.4, 0.5) is 0 Å². The maximum absolute atomic E-state index is 12.7. The molecule has 0 atom stereocenters. The SMILES string of the molecule is CN(CC(=O)N1CCNCC1)S(=O)(=O)c1ccc(C(C)(C)C)cc1.Cl. The number of sulfonamides is 1. The van der Waals surface area contributed by atoms with Crippen LogP contribution in [-0.2, 0) is 20.2 Å². The Kier molecular flexibility index (Phi) is 7.43. The summed E-state index contributed by atoms with van der Waals surface area (Å²) in [6.07, 6.45) is 0. The summed E-state index contributed by atoms with van der Waals surface area (Å²) in [6, 6.07) is 6.89. The zero-order valence-corrected chi connectivity index (χ0v) is 16.9. The van der Waals surface area contributed by atoms with Crippen LogP contribution in [0.15, 0.2) is 29.2 Å². The number of amides is 1. The molecule has 1 amide bonds.